The molecule has 1 N–H and O–H groups in total. The van der Waals surface area contributed by atoms with E-state index in [4.69, 9.17) is 16.1 Å². The number of nitrogens with zero attached hydrogens (tertiary/aromatic N) is 3. The van der Waals surface area contributed by atoms with E-state index in [1.165, 1.54) is 6.07 Å². The van der Waals surface area contributed by atoms with Gasteiger partial charge in [-0.3, -0.25) is 5.10 Å². The van der Waals surface area contributed by atoms with Gasteiger partial charge in [0.15, 0.2) is 11.5 Å². The molecular formula is C15H11ClF2N4O. The lowest BCUT2D eigenvalue weighted by Crippen LogP contribution is -2.11. The molecule has 3 aromatic rings. The van der Waals surface area contributed by atoms with Crippen molar-refractivity contribution in [3.63, 3.8) is 0 Å². The topological polar surface area (TPSA) is 67.6 Å². The van der Waals surface area contributed by atoms with Gasteiger partial charge in [0.2, 0.25) is 0 Å². The van der Waals surface area contributed by atoms with Gasteiger partial charge in [-0.25, -0.2) is 8.78 Å². The minimum absolute atomic E-state index is 0.112. The lowest BCUT2D eigenvalue weighted by Gasteiger charge is -2.12. The normalized spacial score (nSPS) is 16.0. The quantitative estimate of drug-likeness (QED) is 0.777. The predicted octanol–water partition coefficient (Wildman–Crippen LogP) is 4.13. The second kappa shape index (κ2) is 5.13. The molecule has 0 aliphatic heterocycles. The Bertz CT molecular complexity index is 857. The van der Waals surface area contributed by atoms with E-state index in [1.54, 1.807) is 0 Å². The number of rotatable bonds is 4. The first-order valence-corrected chi connectivity index (χ1v) is 7.41. The maximum absolute atomic E-state index is 12.6. The van der Waals surface area contributed by atoms with Crippen molar-refractivity contribution in [3.8, 4) is 11.6 Å². The average molecular weight is 337 g/mol. The lowest BCUT2D eigenvalue weighted by atomic mass is 9.95. The van der Waals surface area contributed by atoms with Crippen LogP contribution in [0.1, 0.15) is 36.3 Å². The fourth-order valence-electron chi connectivity index (χ4n) is 2.67. The van der Waals surface area contributed by atoms with Crippen molar-refractivity contribution in [2.75, 3.05) is 0 Å². The third kappa shape index (κ3) is 2.31. The molecule has 0 radical (unpaired) electrons. The van der Waals surface area contributed by atoms with Gasteiger partial charge < -0.3 is 4.52 Å². The molecule has 0 unspecified atom stereocenters. The number of nitrogens with one attached hydrogen (secondary N) is 1. The first-order valence-electron chi connectivity index (χ1n) is 7.03. The summed E-state index contributed by atoms with van der Waals surface area (Å²) in [7, 11) is 0. The Balaban J connectivity index is 1.69. The number of aromatic amines is 1. The zero-order chi connectivity index (χ0) is 16.0. The molecule has 1 aliphatic carbocycles. The van der Waals surface area contributed by atoms with E-state index in [2.05, 4.69) is 20.3 Å². The molecule has 118 valence electrons. The number of hydrogen-bond acceptors (Lipinski definition) is 4. The van der Waals surface area contributed by atoms with E-state index in [1.807, 2.05) is 24.3 Å². The molecule has 0 atom stereocenters. The van der Waals surface area contributed by atoms with Crippen molar-refractivity contribution < 1.29 is 13.3 Å². The van der Waals surface area contributed by atoms with Gasteiger partial charge in [-0.2, -0.15) is 10.1 Å². The van der Waals surface area contributed by atoms with Gasteiger partial charge in [-0.1, -0.05) is 35.0 Å². The van der Waals surface area contributed by atoms with Crippen LogP contribution in [-0.2, 0) is 5.41 Å². The average Bonchev–Trinajstić information content (AvgIpc) is 3.00. The van der Waals surface area contributed by atoms with Gasteiger partial charge in [0.05, 0.1) is 5.41 Å². The first-order chi connectivity index (χ1) is 11.1. The molecule has 5 nitrogen and oxygen atoms in total. The van der Waals surface area contributed by atoms with Gasteiger partial charge in [0.25, 0.3) is 12.3 Å². The van der Waals surface area contributed by atoms with Crippen molar-refractivity contribution in [3.05, 3.63) is 52.4 Å². The summed E-state index contributed by atoms with van der Waals surface area (Å²) in [6.45, 7) is 0. The van der Waals surface area contributed by atoms with Gasteiger partial charge in [0.1, 0.15) is 5.69 Å². The molecule has 0 spiro atoms. The Hall–Kier alpha value is -2.28. The van der Waals surface area contributed by atoms with Crippen LogP contribution in [0.4, 0.5) is 8.78 Å². The maximum atomic E-state index is 12.6. The molecule has 1 fully saturated rings. The van der Waals surface area contributed by atoms with E-state index in [0.717, 1.165) is 18.4 Å². The monoisotopic (exact) mass is 336 g/mol. The van der Waals surface area contributed by atoms with Crippen LogP contribution in [-0.4, -0.2) is 20.3 Å². The third-order valence-corrected chi connectivity index (χ3v) is 4.37. The highest BCUT2D eigenvalue weighted by atomic mass is 35.5. The number of halogens is 3. The molecule has 23 heavy (non-hydrogen) atoms. The van der Waals surface area contributed by atoms with Crippen LogP contribution in [0.25, 0.3) is 11.6 Å². The van der Waals surface area contributed by atoms with Crippen LogP contribution >= 0.6 is 11.6 Å². The Labute approximate surface area is 134 Å². The Morgan fingerprint density at radius 2 is 2.04 bits per heavy atom. The molecule has 8 heteroatoms. The summed E-state index contributed by atoms with van der Waals surface area (Å²) in [5.41, 5.74) is 0.507. The minimum Gasteiger partial charge on any atom is -0.332 e. The van der Waals surface area contributed by atoms with E-state index in [9.17, 15) is 8.78 Å². The molecular weight excluding hydrogens is 326 g/mol. The number of aromatic nitrogens is 4. The smallest absolute Gasteiger partial charge is 0.279 e. The highest BCUT2D eigenvalue weighted by Crippen LogP contribution is 2.54. The molecule has 4 rings (SSSR count). The van der Waals surface area contributed by atoms with Crippen molar-refractivity contribution in [1.29, 1.82) is 0 Å². The molecule has 2 aromatic heterocycles. The summed E-state index contributed by atoms with van der Waals surface area (Å²) < 4.78 is 30.4. The number of hydrogen-bond donors (Lipinski definition) is 1. The maximum Gasteiger partial charge on any atom is 0.279 e. The Kier molecular flexibility index (Phi) is 3.19. The first kappa shape index (κ1) is 14.3. The SMILES string of the molecule is FC(F)c1cc(-c2nc(C3(c4ccccc4Cl)CC3)no2)n[nH]1. The number of H-pyrrole nitrogens is 1. The van der Waals surface area contributed by atoms with E-state index >= 15 is 0 Å². The largest absolute Gasteiger partial charge is 0.332 e. The molecule has 1 aromatic carbocycles. The second-order valence-corrected chi connectivity index (χ2v) is 5.90. The van der Waals surface area contributed by atoms with E-state index < -0.39 is 6.43 Å². The number of benzene rings is 1. The fraction of sp³-hybridized carbons (Fsp3) is 0.267. The van der Waals surface area contributed by atoms with Crippen LogP contribution in [0.5, 0.6) is 0 Å². The summed E-state index contributed by atoms with van der Waals surface area (Å²) in [4.78, 5) is 4.34. The summed E-state index contributed by atoms with van der Waals surface area (Å²) in [6.07, 6.45) is -0.909. The zero-order valence-corrected chi connectivity index (χ0v) is 12.5. The molecule has 0 amide bonds. The van der Waals surface area contributed by atoms with Crippen molar-refractivity contribution in [2.45, 2.75) is 24.7 Å². The van der Waals surface area contributed by atoms with Crippen LogP contribution in [0.2, 0.25) is 5.02 Å². The van der Waals surface area contributed by atoms with Gasteiger partial charge in [0, 0.05) is 5.02 Å². The van der Waals surface area contributed by atoms with Crippen LogP contribution < -0.4 is 0 Å². The summed E-state index contributed by atoms with van der Waals surface area (Å²) in [5, 5.41) is 10.7. The Morgan fingerprint density at radius 1 is 1.26 bits per heavy atom. The van der Waals surface area contributed by atoms with E-state index in [0.29, 0.717) is 10.8 Å². The second-order valence-electron chi connectivity index (χ2n) is 5.49. The van der Waals surface area contributed by atoms with Crippen molar-refractivity contribution in [2.24, 2.45) is 0 Å². The summed E-state index contributed by atoms with van der Waals surface area (Å²) >= 11 is 6.27. The van der Waals surface area contributed by atoms with Crippen LogP contribution in [0.3, 0.4) is 0 Å². The third-order valence-electron chi connectivity index (χ3n) is 4.05. The minimum atomic E-state index is -2.63. The van der Waals surface area contributed by atoms with Crippen molar-refractivity contribution in [1.82, 2.24) is 20.3 Å². The van der Waals surface area contributed by atoms with Gasteiger partial charge in [-0.05, 0) is 30.5 Å². The predicted molar refractivity (Wildman–Crippen MR) is 78.3 cm³/mol. The standard InChI is InChI=1S/C15H11ClF2N4O/c16-9-4-2-1-3-8(9)15(5-6-15)14-19-13(23-22-14)11-7-10(12(17)18)20-21-11/h1-4,7,12H,5-6H2,(H,20,21). The molecule has 2 heterocycles. The summed E-state index contributed by atoms with van der Waals surface area (Å²) in [5.74, 6) is 0.615. The summed E-state index contributed by atoms with van der Waals surface area (Å²) in [6, 6.07) is 8.73. The Morgan fingerprint density at radius 3 is 2.70 bits per heavy atom. The highest BCUT2D eigenvalue weighted by Gasteiger charge is 2.51. The fourth-order valence-corrected chi connectivity index (χ4v) is 2.98. The van der Waals surface area contributed by atoms with Crippen molar-refractivity contribution >= 4 is 11.6 Å². The molecule has 0 bridgehead atoms. The van der Waals surface area contributed by atoms with Crippen LogP contribution in [0.15, 0.2) is 34.9 Å². The lowest BCUT2D eigenvalue weighted by molar-refractivity contribution is 0.146. The molecule has 1 aliphatic rings. The molecule has 1 saturated carbocycles. The van der Waals surface area contributed by atoms with Crippen LogP contribution in [0, 0.1) is 0 Å². The highest BCUT2D eigenvalue weighted by molar-refractivity contribution is 6.31. The van der Waals surface area contributed by atoms with Gasteiger partial charge in [-0.15, -0.1) is 0 Å². The van der Waals surface area contributed by atoms with E-state index in [-0.39, 0.29) is 22.7 Å². The zero-order valence-electron chi connectivity index (χ0n) is 11.8. The van der Waals surface area contributed by atoms with Gasteiger partial charge >= 0.3 is 0 Å². The molecule has 0 saturated heterocycles. The number of alkyl halides is 2.